The van der Waals surface area contributed by atoms with Crippen molar-refractivity contribution >= 4 is 10.2 Å². The van der Waals surface area contributed by atoms with E-state index in [2.05, 4.69) is 0 Å². The SMILES string of the molecule is O=S(=O)(F)CC12COC(CCO1)C2. The van der Waals surface area contributed by atoms with Gasteiger partial charge in [-0.2, -0.15) is 8.42 Å². The van der Waals surface area contributed by atoms with Gasteiger partial charge in [0, 0.05) is 13.0 Å². The molecule has 2 aliphatic heterocycles. The molecule has 76 valence electrons. The summed E-state index contributed by atoms with van der Waals surface area (Å²) in [7, 11) is -4.47. The molecule has 0 saturated carbocycles. The smallest absolute Gasteiger partial charge is 0.305 e. The molecule has 2 rings (SSSR count). The van der Waals surface area contributed by atoms with E-state index >= 15 is 0 Å². The van der Waals surface area contributed by atoms with Crippen LogP contribution in [0, 0.1) is 0 Å². The minimum Gasteiger partial charge on any atom is -0.375 e. The molecule has 0 aromatic rings. The molecule has 2 bridgehead atoms. The van der Waals surface area contributed by atoms with Crippen LogP contribution in [0.1, 0.15) is 12.8 Å². The fourth-order valence-electron chi connectivity index (χ4n) is 1.95. The maximum atomic E-state index is 12.5. The van der Waals surface area contributed by atoms with Crippen LogP contribution in [-0.4, -0.2) is 39.1 Å². The van der Waals surface area contributed by atoms with E-state index in [4.69, 9.17) is 9.47 Å². The van der Waals surface area contributed by atoms with Gasteiger partial charge in [-0.3, -0.25) is 0 Å². The molecule has 2 heterocycles. The number of ether oxygens (including phenoxy) is 2. The van der Waals surface area contributed by atoms with Crippen molar-refractivity contribution in [2.45, 2.75) is 24.5 Å². The second-order valence-electron chi connectivity index (χ2n) is 3.64. The van der Waals surface area contributed by atoms with Crippen LogP contribution in [0.15, 0.2) is 0 Å². The molecule has 0 N–H and O–H groups in total. The normalized spacial score (nSPS) is 39.3. The van der Waals surface area contributed by atoms with Crippen molar-refractivity contribution < 1.29 is 21.8 Å². The number of halogens is 1. The minimum absolute atomic E-state index is 0.0514. The molecule has 2 saturated heterocycles. The molecule has 0 aromatic carbocycles. The Labute approximate surface area is 76.2 Å². The number of fused-ring (bicyclic) bond motifs is 2. The Kier molecular flexibility index (Phi) is 2.08. The van der Waals surface area contributed by atoms with Crippen LogP contribution in [0.2, 0.25) is 0 Å². The molecule has 13 heavy (non-hydrogen) atoms. The molecule has 0 amide bonds. The summed E-state index contributed by atoms with van der Waals surface area (Å²) in [6, 6.07) is 0. The van der Waals surface area contributed by atoms with Crippen molar-refractivity contribution in [1.82, 2.24) is 0 Å². The van der Waals surface area contributed by atoms with Gasteiger partial charge in [0.15, 0.2) is 0 Å². The summed E-state index contributed by atoms with van der Waals surface area (Å²) >= 11 is 0. The summed E-state index contributed by atoms with van der Waals surface area (Å²) in [5.74, 6) is -0.573. The highest BCUT2D eigenvalue weighted by Gasteiger charge is 2.47. The summed E-state index contributed by atoms with van der Waals surface area (Å²) in [4.78, 5) is 0. The van der Waals surface area contributed by atoms with Crippen molar-refractivity contribution in [2.75, 3.05) is 19.0 Å². The van der Waals surface area contributed by atoms with E-state index in [9.17, 15) is 12.3 Å². The first-order chi connectivity index (χ1) is 5.99. The summed E-state index contributed by atoms with van der Waals surface area (Å²) in [5, 5.41) is 0. The Hall–Kier alpha value is -0.200. The topological polar surface area (TPSA) is 52.6 Å². The molecular weight excluding hydrogens is 199 g/mol. The minimum atomic E-state index is -4.47. The Morgan fingerprint density at radius 2 is 2.31 bits per heavy atom. The van der Waals surface area contributed by atoms with Gasteiger partial charge < -0.3 is 9.47 Å². The van der Waals surface area contributed by atoms with Crippen LogP contribution >= 0.6 is 0 Å². The first-order valence-corrected chi connectivity index (χ1v) is 5.72. The van der Waals surface area contributed by atoms with Crippen molar-refractivity contribution in [1.29, 1.82) is 0 Å². The first-order valence-electron chi connectivity index (χ1n) is 4.17. The zero-order valence-corrected chi connectivity index (χ0v) is 7.85. The van der Waals surface area contributed by atoms with Crippen LogP contribution < -0.4 is 0 Å². The summed E-state index contributed by atoms with van der Waals surface area (Å²) in [5.41, 5.74) is -0.906. The Balaban J connectivity index is 2.12. The third kappa shape index (κ3) is 2.00. The number of hydrogen-bond acceptors (Lipinski definition) is 4. The molecule has 0 spiro atoms. The van der Waals surface area contributed by atoms with Gasteiger partial charge in [0.1, 0.15) is 11.4 Å². The second-order valence-corrected chi connectivity index (χ2v) is 5.01. The molecule has 0 radical (unpaired) electrons. The Bertz CT molecular complexity index is 298. The van der Waals surface area contributed by atoms with E-state index in [0.29, 0.717) is 13.0 Å². The predicted molar refractivity (Wildman–Crippen MR) is 42.6 cm³/mol. The fraction of sp³-hybridized carbons (Fsp3) is 1.00. The summed E-state index contributed by atoms with van der Waals surface area (Å²) in [6.07, 6.45) is 1.32. The van der Waals surface area contributed by atoms with E-state index < -0.39 is 21.6 Å². The lowest BCUT2D eigenvalue weighted by Crippen LogP contribution is -2.42. The monoisotopic (exact) mass is 210 g/mol. The van der Waals surface area contributed by atoms with Crippen molar-refractivity contribution in [3.8, 4) is 0 Å². The Morgan fingerprint density at radius 3 is 3.00 bits per heavy atom. The highest BCUT2D eigenvalue weighted by Crippen LogP contribution is 2.35. The van der Waals surface area contributed by atoms with Gasteiger partial charge >= 0.3 is 10.2 Å². The highest BCUT2D eigenvalue weighted by atomic mass is 32.3. The van der Waals surface area contributed by atoms with E-state index in [1.54, 1.807) is 0 Å². The maximum absolute atomic E-state index is 12.5. The van der Waals surface area contributed by atoms with Crippen LogP contribution in [-0.2, 0) is 19.7 Å². The van der Waals surface area contributed by atoms with E-state index in [1.807, 2.05) is 0 Å². The molecule has 0 aromatic heterocycles. The van der Waals surface area contributed by atoms with Gasteiger partial charge in [-0.05, 0) is 6.42 Å². The first kappa shape index (κ1) is 9.36. The average Bonchev–Trinajstić information content (AvgIpc) is 2.23. The van der Waals surface area contributed by atoms with Crippen molar-refractivity contribution in [3.05, 3.63) is 0 Å². The third-order valence-electron chi connectivity index (χ3n) is 2.47. The second kappa shape index (κ2) is 2.90. The quantitative estimate of drug-likeness (QED) is 0.612. The molecule has 4 nitrogen and oxygen atoms in total. The molecule has 2 atom stereocenters. The van der Waals surface area contributed by atoms with Gasteiger partial charge in [0.25, 0.3) is 0 Å². The summed E-state index contributed by atoms with van der Waals surface area (Å²) in [6.45, 7) is 0.654. The van der Waals surface area contributed by atoms with Crippen LogP contribution in [0.25, 0.3) is 0 Å². The van der Waals surface area contributed by atoms with Crippen molar-refractivity contribution in [3.63, 3.8) is 0 Å². The zero-order chi connectivity index (χ0) is 9.53. The predicted octanol–water partition coefficient (Wildman–Crippen LogP) is 0.234. The van der Waals surface area contributed by atoms with E-state index in [1.165, 1.54) is 0 Å². The average molecular weight is 210 g/mol. The lowest BCUT2D eigenvalue weighted by Gasteiger charge is -2.29. The molecular formula is C7H11FO4S. The summed E-state index contributed by atoms with van der Waals surface area (Å²) < 4.78 is 44.0. The lowest BCUT2D eigenvalue weighted by molar-refractivity contribution is -0.0356. The largest absolute Gasteiger partial charge is 0.375 e. The third-order valence-corrected chi connectivity index (χ3v) is 3.34. The number of hydrogen-bond donors (Lipinski definition) is 0. The standard InChI is InChI=1S/C7H11FO4S/c8-13(9,10)5-7-3-6(11-4-7)1-2-12-7/h6H,1-5H2. The molecule has 2 fully saturated rings. The van der Waals surface area contributed by atoms with Crippen LogP contribution in [0.4, 0.5) is 3.89 Å². The van der Waals surface area contributed by atoms with Gasteiger partial charge in [0.05, 0.1) is 12.7 Å². The Morgan fingerprint density at radius 1 is 1.54 bits per heavy atom. The van der Waals surface area contributed by atoms with E-state index in [-0.39, 0.29) is 12.7 Å². The van der Waals surface area contributed by atoms with Gasteiger partial charge in [-0.1, -0.05) is 0 Å². The van der Waals surface area contributed by atoms with Crippen LogP contribution in [0.5, 0.6) is 0 Å². The molecule has 2 aliphatic rings. The van der Waals surface area contributed by atoms with Crippen molar-refractivity contribution in [2.24, 2.45) is 0 Å². The lowest BCUT2D eigenvalue weighted by atomic mass is 9.98. The van der Waals surface area contributed by atoms with E-state index in [0.717, 1.165) is 6.42 Å². The zero-order valence-electron chi connectivity index (χ0n) is 7.03. The van der Waals surface area contributed by atoms with Gasteiger partial charge in [-0.25, -0.2) is 0 Å². The molecule has 6 heteroatoms. The molecule has 0 aliphatic carbocycles. The maximum Gasteiger partial charge on any atom is 0.305 e. The van der Waals surface area contributed by atoms with Gasteiger partial charge in [0.2, 0.25) is 0 Å². The molecule has 2 unspecified atom stereocenters. The number of rotatable bonds is 2. The van der Waals surface area contributed by atoms with Crippen LogP contribution in [0.3, 0.4) is 0 Å². The fourth-order valence-corrected chi connectivity index (χ4v) is 2.86. The highest BCUT2D eigenvalue weighted by molar-refractivity contribution is 7.86. The van der Waals surface area contributed by atoms with Gasteiger partial charge in [-0.15, -0.1) is 3.89 Å².